The highest BCUT2D eigenvalue weighted by atomic mass is 28.4. The Bertz CT molecular complexity index is 1070. The Morgan fingerprint density at radius 3 is 1.53 bits per heavy atom. The molecule has 204 valence electrons. The molecule has 3 atom stereocenters. The molecule has 0 saturated carbocycles. The molecule has 3 aromatic carbocycles. The van der Waals surface area contributed by atoms with Crippen LogP contribution in [-0.4, -0.2) is 39.5 Å². The first-order valence-electron chi connectivity index (χ1n) is 13.3. The molecule has 3 aromatic rings. The first kappa shape index (κ1) is 29.9. The molecule has 0 unspecified atom stereocenters. The largest absolute Gasteiger partial charge is 0.414 e. The van der Waals surface area contributed by atoms with Gasteiger partial charge in [-0.05, 0) is 34.8 Å². The molecule has 0 aliphatic heterocycles. The molecule has 0 heterocycles. The van der Waals surface area contributed by atoms with Crippen molar-refractivity contribution in [3.05, 3.63) is 108 Å². The van der Waals surface area contributed by atoms with Gasteiger partial charge in [0.2, 0.25) is 0 Å². The lowest BCUT2D eigenvalue weighted by atomic mass is 10.1. The van der Waals surface area contributed by atoms with Crippen LogP contribution < -0.4 is 0 Å². The topological polar surface area (TPSA) is 54.0 Å². The van der Waals surface area contributed by atoms with E-state index in [1.54, 1.807) is 0 Å². The van der Waals surface area contributed by atoms with Gasteiger partial charge in [0.25, 0.3) is 0 Å². The van der Waals surface area contributed by atoms with E-state index in [-0.39, 0.29) is 5.04 Å². The lowest BCUT2D eigenvalue weighted by Gasteiger charge is -2.39. The summed E-state index contributed by atoms with van der Waals surface area (Å²) in [6, 6.07) is 29.7. The fraction of sp³-hybridized carbons (Fsp3) is 0.406. The van der Waals surface area contributed by atoms with Gasteiger partial charge in [0.15, 0.2) is 14.6 Å². The van der Waals surface area contributed by atoms with Crippen molar-refractivity contribution in [2.24, 2.45) is 0 Å². The molecule has 0 saturated heterocycles. The molecule has 0 bridgehead atoms. The predicted octanol–water partition coefficient (Wildman–Crippen LogP) is 6.96. The van der Waals surface area contributed by atoms with E-state index in [1.807, 2.05) is 91.0 Å². The van der Waals surface area contributed by atoms with Crippen LogP contribution >= 0.6 is 0 Å². The number of carbonyl (C=O) groups excluding carboxylic acids is 1. The van der Waals surface area contributed by atoms with Gasteiger partial charge in [0.05, 0.1) is 26.4 Å². The van der Waals surface area contributed by atoms with Gasteiger partial charge in [-0.25, -0.2) is 0 Å². The first-order chi connectivity index (χ1) is 18.2. The van der Waals surface area contributed by atoms with Crippen molar-refractivity contribution in [3.8, 4) is 0 Å². The minimum Gasteiger partial charge on any atom is -0.414 e. The van der Waals surface area contributed by atoms with Gasteiger partial charge in [0.1, 0.15) is 18.3 Å². The van der Waals surface area contributed by atoms with Gasteiger partial charge in [-0.2, -0.15) is 0 Å². The van der Waals surface area contributed by atoms with E-state index in [1.165, 1.54) is 0 Å². The van der Waals surface area contributed by atoms with Crippen molar-refractivity contribution in [2.45, 2.75) is 77.0 Å². The van der Waals surface area contributed by atoms with E-state index in [9.17, 15) is 4.79 Å². The summed E-state index contributed by atoms with van der Waals surface area (Å²) in [5.74, 6) is 0. The molecule has 0 fully saturated rings. The Morgan fingerprint density at radius 1 is 0.684 bits per heavy atom. The van der Waals surface area contributed by atoms with Crippen molar-refractivity contribution in [1.82, 2.24) is 0 Å². The highest BCUT2D eigenvalue weighted by Crippen LogP contribution is 2.37. The fourth-order valence-corrected chi connectivity index (χ4v) is 4.69. The number of aldehydes is 1. The molecule has 3 rings (SSSR count). The van der Waals surface area contributed by atoms with Crippen LogP contribution in [0, 0.1) is 0 Å². The smallest absolute Gasteiger partial charge is 0.192 e. The Kier molecular flexibility index (Phi) is 11.4. The van der Waals surface area contributed by atoms with Crippen LogP contribution in [0.3, 0.4) is 0 Å². The molecule has 0 aliphatic carbocycles. The van der Waals surface area contributed by atoms with Gasteiger partial charge in [-0.15, -0.1) is 0 Å². The summed E-state index contributed by atoms with van der Waals surface area (Å²) in [6.45, 7) is 12.4. The van der Waals surface area contributed by atoms with Crippen LogP contribution in [0.2, 0.25) is 18.1 Å². The molecular weight excluding hydrogens is 492 g/mol. The average Bonchev–Trinajstić information content (AvgIpc) is 2.92. The first-order valence-corrected chi connectivity index (χ1v) is 16.2. The van der Waals surface area contributed by atoms with E-state index >= 15 is 0 Å². The number of benzene rings is 3. The van der Waals surface area contributed by atoms with Gasteiger partial charge in [-0.1, -0.05) is 112 Å². The third kappa shape index (κ3) is 9.29. The molecule has 38 heavy (non-hydrogen) atoms. The van der Waals surface area contributed by atoms with Gasteiger partial charge < -0.3 is 23.4 Å². The number of hydrogen-bond acceptors (Lipinski definition) is 5. The summed E-state index contributed by atoms with van der Waals surface area (Å²) in [5, 5.41) is 0.0330. The molecule has 0 radical (unpaired) electrons. The van der Waals surface area contributed by atoms with Crippen molar-refractivity contribution >= 4 is 14.6 Å². The van der Waals surface area contributed by atoms with Crippen LogP contribution in [-0.2, 0) is 43.3 Å². The zero-order valence-corrected chi connectivity index (χ0v) is 24.3. The second-order valence-corrected chi connectivity index (χ2v) is 15.9. The van der Waals surface area contributed by atoms with Crippen molar-refractivity contribution in [3.63, 3.8) is 0 Å². The molecule has 5 nitrogen and oxygen atoms in total. The van der Waals surface area contributed by atoms with E-state index in [0.29, 0.717) is 26.4 Å². The van der Waals surface area contributed by atoms with Crippen molar-refractivity contribution < 1.29 is 23.4 Å². The van der Waals surface area contributed by atoms with Gasteiger partial charge in [0, 0.05) is 0 Å². The zero-order valence-electron chi connectivity index (χ0n) is 23.3. The van der Waals surface area contributed by atoms with Crippen LogP contribution in [0.1, 0.15) is 37.5 Å². The predicted molar refractivity (Wildman–Crippen MR) is 154 cm³/mol. The summed E-state index contributed by atoms with van der Waals surface area (Å²) in [4.78, 5) is 12.4. The minimum absolute atomic E-state index is 0.0330. The van der Waals surface area contributed by atoms with Crippen LogP contribution in [0.25, 0.3) is 0 Å². The molecule has 0 aromatic heterocycles. The summed E-state index contributed by atoms with van der Waals surface area (Å²) >= 11 is 0. The summed E-state index contributed by atoms with van der Waals surface area (Å²) in [7, 11) is -2.09. The van der Waals surface area contributed by atoms with E-state index < -0.39 is 26.6 Å². The van der Waals surface area contributed by atoms with Crippen LogP contribution in [0.15, 0.2) is 91.0 Å². The summed E-state index contributed by atoms with van der Waals surface area (Å²) < 4.78 is 25.6. The molecule has 6 heteroatoms. The maximum absolute atomic E-state index is 12.4. The molecule has 0 N–H and O–H groups in total. The number of rotatable bonds is 15. The summed E-state index contributed by atoms with van der Waals surface area (Å²) in [6.07, 6.45) is -1.18. The van der Waals surface area contributed by atoms with Gasteiger partial charge in [-0.3, -0.25) is 0 Å². The molecule has 0 aliphatic rings. The monoisotopic (exact) mass is 534 g/mol. The highest BCUT2D eigenvalue weighted by Gasteiger charge is 2.40. The maximum atomic E-state index is 12.4. The number of ether oxygens (including phenoxy) is 3. The van der Waals surface area contributed by atoms with Crippen molar-refractivity contribution in [2.75, 3.05) is 6.61 Å². The molecule has 0 amide bonds. The second kappa shape index (κ2) is 14.5. The third-order valence-corrected chi connectivity index (χ3v) is 11.6. The lowest BCUT2D eigenvalue weighted by molar-refractivity contribution is -0.164. The quantitative estimate of drug-likeness (QED) is 0.156. The lowest BCUT2D eigenvalue weighted by Crippen LogP contribution is -2.49. The standard InChI is InChI=1S/C32H42O5Si/c1-32(2,3)38(4,5)37-25-30(35-23-27-17-11-7-12-18-27)31(36-24-28-19-13-8-14-20-28)29(21-33)34-22-26-15-9-6-10-16-26/h6-21,29-31H,22-25H2,1-5H3/t29-,30+,31+/m0/s1. The Morgan fingerprint density at radius 2 is 1.11 bits per heavy atom. The van der Waals surface area contributed by atoms with Crippen LogP contribution in [0.5, 0.6) is 0 Å². The zero-order chi connectivity index (χ0) is 27.4. The van der Waals surface area contributed by atoms with E-state index in [4.69, 9.17) is 18.6 Å². The third-order valence-electron chi connectivity index (χ3n) is 7.12. The molecular formula is C32H42O5Si. The van der Waals surface area contributed by atoms with Crippen molar-refractivity contribution in [1.29, 1.82) is 0 Å². The Labute approximate surface area is 229 Å². The van der Waals surface area contributed by atoms with Gasteiger partial charge >= 0.3 is 0 Å². The average molecular weight is 535 g/mol. The fourth-order valence-electron chi connectivity index (χ4n) is 3.68. The number of hydrogen-bond donors (Lipinski definition) is 0. The highest BCUT2D eigenvalue weighted by molar-refractivity contribution is 6.74. The minimum atomic E-state index is -2.09. The number of carbonyl (C=O) groups is 1. The van der Waals surface area contributed by atoms with E-state index in [2.05, 4.69) is 33.9 Å². The Balaban J connectivity index is 1.85. The normalized spacial score (nSPS) is 14.6. The van der Waals surface area contributed by atoms with Crippen LogP contribution in [0.4, 0.5) is 0 Å². The Hall–Kier alpha value is -2.61. The molecule has 0 spiro atoms. The SMILES string of the molecule is CC(C)(C)[Si](C)(C)OC[C@@H](OCc1ccccc1)[C@H](OCc1ccccc1)[C@H](C=O)OCc1ccccc1. The second-order valence-electron chi connectivity index (χ2n) is 11.1. The summed E-state index contributed by atoms with van der Waals surface area (Å²) in [5.41, 5.74) is 3.04. The maximum Gasteiger partial charge on any atom is 0.192 e. The van der Waals surface area contributed by atoms with E-state index in [0.717, 1.165) is 23.0 Å².